The zero-order chi connectivity index (χ0) is 18.3. The molecule has 0 spiro atoms. The van der Waals surface area contributed by atoms with E-state index in [-0.39, 0.29) is 30.9 Å². The van der Waals surface area contributed by atoms with Gasteiger partial charge in [-0.3, -0.25) is 4.79 Å². The molecule has 0 bridgehead atoms. The van der Waals surface area contributed by atoms with E-state index in [4.69, 9.17) is 9.47 Å². The van der Waals surface area contributed by atoms with E-state index in [1.807, 2.05) is 24.3 Å². The number of rotatable bonds is 9. The number of benzene rings is 1. The van der Waals surface area contributed by atoms with E-state index in [0.717, 1.165) is 24.2 Å². The fourth-order valence-corrected chi connectivity index (χ4v) is 4.21. The fraction of sp³-hybridized carbons (Fsp3) is 0.611. The number of hydrogen-bond acceptors (Lipinski definition) is 5. The van der Waals surface area contributed by atoms with Crippen LogP contribution in [0.1, 0.15) is 57.6 Å². The minimum atomic E-state index is -3.44. The van der Waals surface area contributed by atoms with Crippen LogP contribution in [0.5, 0.6) is 5.75 Å². The fourth-order valence-electron chi connectivity index (χ4n) is 2.92. The van der Waals surface area contributed by atoms with E-state index in [1.165, 1.54) is 19.8 Å². The average Bonchev–Trinajstić information content (AvgIpc) is 3.04. The Labute approximate surface area is 150 Å². The minimum Gasteiger partial charge on any atom is -0.490 e. The maximum atomic E-state index is 12.1. The van der Waals surface area contributed by atoms with Crippen molar-refractivity contribution in [3.8, 4) is 5.75 Å². The van der Waals surface area contributed by atoms with Crippen molar-refractivity contribution in [3.05, 3.63) is 29.8 Å². The molecule has 6 nitrogen and oxygen atoms in total. The van der Waals surface area contributed by atoms with Gasteiger partial charge in [-0.15, -0.1) is 0 Å². The summed E-state index contributed by atoms with van der Waals surface area (Å²) in [4.78, 5) is 10.7. The molecule has 1 saturated carbocycles. The van der Waals surface area contributed by atoms with Crippen molar-refractivity contribution in [2.45, 2.75) is 58.1 Å². The lowest BCUT2D eigenvalue weighted by Gasteiger charge is -2.17. The molecule has 1 aromatic rings. The van der Waals surface area contributed by atoms with Crippen LogP contribution in [0.2, 0.25) is 0 Å². The summed E-state index contributed by atoms with van der Waals surface area (Å²) < 4.78 is 37.7. The van der Waals surface area contributed by atoms with E-state index < -0.39 is 16.0 Å². The largest absolute Gasteiger partial charge is 0.490 e. The van der Waals surface area contributed by atoms with Crippen LogP contribution in [0.15, 0.2) is 24.3 Å². The van der Waals surface area contributed by atoms with Crippen molar-refractivity contribution in [1.29, 1.82) is 0 Å². The van der Waals surface area contributed by atoms with Crippen LogP contribution < -0.4 is 9.46 Å². The van der Waals surface area contributed by atoms with Gasteiger partial charge in [0.25, 0.3) is 0 Å². The highest BCUT2D eigenvalue weighted by atomic mass is 32.2. The molecule has 0 heterocycles. The Balaban J connectivity index is 1.88. The highest BCUT2D eigenvalue weighted by Crippen LogP contribution is 2.26. The van der Waals surface area contributed by atoms with Crippen LogP contribution in [0.4, 0.5) is 0 Å². The summed E-state index contributed by atoms with van der Waals surface area (Å²) >= 11 is 0. The van der Waals surface area contributed by atoms with Gasteiger partial charge in [0.15, 0.2) is 0 Å². The molecule has 0 saturated heterocycles. The molecule has 140 valence electrons. The quantitative estimate of drug-likeness (QED) is 0.535. The molecule has 0 aromatic heterocycles. The summed E-state index contributed by atoms with van der Waals surface area (Å²) in [5.41, 5.74) is 0.860. The predicted molar refractivity (Wildman–Crippen MR) is 95.9 cm³/mol. The van der Waals surface area contributed by atoms with Gasteiger partial charge < -0.3 is 9.47 Å². The van der Waals surface area contributed by atoms with E-state index in [9.17, 15) is 13.2 Å². The van der Waals surface area contributed by atoms with Crippen LogP contribution in [0.25, 0.3) is 0 Å². The Kier molecular flexibility index (Phi) is 7.25. The van der Waals surface area contributed by atoms with Crippen LogP contribution >= 0.6 is 0 Å². The first-order valence-electron chi connectivity index (χ1n) is 8.76. The van der Waals surface area contributed by atoms with Gasteiger partial charge in [-0.2, -0.15) is 0 Å². The first kappa shape index (κ1) is 19.7. The summed E-state index contributed by atoms with van der Waals surface area (Å²) in [6, 6.07) is 7.21. The van der Waals surface area contributed by atoms with E-state index in [1.54, 1.807) is 6.92 Å². The summed E-state index contributed by atoms with van der Waals surface area (Å²) in [5.74, 6) is 0.297. The van der Waals surface area contributed by atoms with Gasteiger partial charge in [0.1, 0.15) is 5.75 Å². The number of nitrogens with one attached hydrogen (secondary N) is 1. The Morgan fingerprint density at radius 3 is 2.72 bits per heavy atom. The zero-order valence-corrected chi connectivity index (χ0v) is 15.7. The first-order chi connectivity index (χ1) is 11.9. The van der Waals surface area contributed by atoms with Crippen LogP contribution in [-0.4, -0.2) is 32.9 Å². The van der Waals surface area contributed by atoms with Crippen molar-refractivity contribution in [2.24, 2.45) is 0 Å². The van der Waals surface area contributed by atoms with Gasteiger partial charge in [-0.05, 0) is 56.7 Å². The molecule has 1 aliphatic carbocycles. The number of hydrogen-bond donors (Lipinski definition) is 1. The van der Waals surface area contributed by atoms with Gasteiger partial charge in [0, 0.05) is 13.0 Å². The van der Waals surface area contributed by atoms with Crippen LogP contribution in [0.3, 0.4) is 0 Å². The monoisotopic (exact) mass is 369 g/mol. The summed E-state index contributed by atoms with van der Waals surface area (Å²) in [5, 5.41) is 0. The van der Waals surface area contributed by atoms with Gasteiger partial charge in [-0.25, -0.2) is 13.1 Å². The zero-order valence-electron chi connectivity index (χ0n) is 14.9. The van der Waals surface area contributed by atoms with Crippen LogP contribution in [0, 0.1) is 0 Å². The maximum Gasteiger partial charge on any atom is 0.302 e. The van der Waals surface area contributed by atoms with E-state index >= 15 is 0 Å². The number of carbonyl (C=O) groups excluding carboxylic acids is 1. The molecular weight excluding hydrogens is 342 g/mol. The SMILES string of the molecule is CC(=O)OCCCS(=O)(=O)NC(C)c1cccc(OC2CCCC2)c1. The molecule has 1 atom stereocenters. The van der Waals surface area contributed by atoms with Gasteiger partial charge >= 0.3 is 5.97 Å². The van der Waals surface area contributed by atoms with Crippen molar-refractivity contribution >= 4 is 16.0 Å². The molecule has 1 aromatic carbocycles. The second kappa shape index (κ2) is 9.20. The second-order valence-electron chi connectivity index (χ2n) is 6.45. The Morgan fingerprint density at radius 2 is 2.04 bits per heavy atom. The van der Waals surface area contributed by atoms with E-state index in [0.29, 0.717) is 0 Å². The van der Waals surface area contributed by atoms with Gasteiger partial charge in [-0.1, -0.05) is 12.1 Å². The van der Waals surface area contributed by atoms with E-state index in [2.05, 4.69) is 4.72 Å². The summed E-state index contributed by atoms with van der Waals surface area (Å²) in [6.07, 6.45) is 5.10. The average molecular weight is 369 g/mol. The lowest BCUT2D eigenvalue weighted by atomic mass is 10.1. The highest BCUT2D eigenvalue weighted by Gasteiger charge is 2.19. The highest BCUT2D eigenvalue weighted by molar-refractivity contribution is 7.89. The van der Waals surface area contributed by atoms with Crippen LogP contribution in [-0.2, 0) is 19.6 Å². The topological polar surface area (TPSA) is 81.7 Å². The number of ether oxygens (including phenoxy) is 2. The molecule has 1 fully saturated rings. The lowest BCUT2D eigenvalue weighted by molar-refractivity contribution is -0.140. The summed E-state index contributed by atoms with van der Waals surface area (Å²) in [7, 11) is -3.44. The Hall–Kier alpha value is -1.60. The Morgan fingerprint density at radius 1 is 1.32 bits per heavy atom. The second-order valence-corrected chi connectivity index (χ2v) is 8.32. The molecule has 1 N–H and O–H groups in total. The number of sulfonamides is 1. The molecule has 7 heteroatoms. The Bertz CT molecular complexity index is 668. The summed E-state index contributed by atoms with van der Waals surface area (Å²) in [6.45, 7) is 3.21. The number of esters is 1. The van der Waals surface area contributed by atoms with Gasteiger partial charge in [0.05, 0.1) is 18.5 Å². The third-order valence-corrected chi connectivity index (χ3v) is 5.72. The van der Waals surface area contributed by atoms with Crippen molar-refractivity contribution < 1.29 is 22.7 Å². The maximum absolute atomic E-state index is 12.1. The molecule has 0 radical (unpaired) electrons. The predicted octanol–water partition coefficient (Wildman–Crippen LogP) is 2.94. The normalized spacial score (nSPS) is 16.6. The first-order valence-corrected chi connectivity index (χ1v) is 10.4. The molecule has 0 aliphatic heterocycles. The smallest absolute Gasteiger partial charge is 0.302 e. The molecule has 1 aliphatic rings. The van der Waals surface area contributed by atoms with Crippen molar-refractivity contribution in [2.75, 3.05) is 12.4 Å². The lowest BCUT2D eigenvalue weighted by Crippen LogP contribution is -2.29. The molecule has 1 unspecified atom stereocenters. The molecular formula is C18H27NO5S. The minimum absolute atomic E-state index is 0.0805. The third-order valence-electron chi connectivity index (χ3n) is 4.18. The van der Waals surface area contributed by atoms with Gasteiger partial charge in [0.2, 0.25) is 10.0 Å². The third kappa shape index (κ3) is 7.04. The standard InChI is InChI=1S/C18H27NO5S/c1-14(19-25(21,22)12-6-11-23-15(2)20)16-7-5-10-18(13-16)24-17-8-3-4-9-17/h5,7,10,13-14,17,19H,3-4,6,8-9,11-12H2,1-2H3. The molecule has 2 rings (SSSR count). The number of carbonyl (C=O) groups is 1. The van der Waals surface area contributed by atoms with Crippen molar-refractivity contribution in [1.82, 2.24) is 4.72 Å². The van der Waals surface area contributed by atoms with Crippen molar-refractivity contribution in [3.63, 3.8) is 0 Å². The molecule has 25 heavy (non-hydrogen) atoms. The molecule has 0 amide bonds.